The Kier molecular flexibility index (Phi) is 3.16. The predicted octanol–water partition coefficient (Wildman–Crippen LogP) is 0.646. The molecule has 2 fully saturated rings. The van der Waals surface area contributed by atoms with E-state index in [1.165, 1.54) is 44.6 Å². The largest absolute Gasteiger partial charge is 0.312 e. The molecule has 1 aromatic rings. The predicted molar refractivity (Wildman–Crippen MR) is 67.9 cm³/mol. The molecule has 1 aromatic heterocycles. The van der Waals surface area contributed by atoms with Crippen LogP contribution in [0.4, 0.5) is 0 Å². The second-order valence-corrected chi connectivity index (χ2v) is 5.49. The molecule has 0 bridgehead atoms. The highest BCUT2D eigenvalue weighted by Gasteiger charge is 2.33. The number of rotatable bonds is 3. The highest BCUT2D eigenvalue weighted by molar-refractivity contribution is 5.04. The minimum absolute atomic E-state index is 0.762. The third-order valence-corrected chi connectivity index (χ3v) is 4.15. The average molecular weight is 234 g/mol. The summed E-state index contributed by atoms with van der Waals surface area (Å²) in [6, 6.07) is 0.762. The molecule has 2 aliphatic heterocycles. The van der Waals surface area contributed by atoms with Gasteiger partial charge in [0.15, 0.2) is 0 Å². The van der Waals surface area contributed by atoms with Crippen LogP contribution < -0.4 is 5.32 Å². The first-order valence-corrected chi connectivity index (χ1v) is 6.74. The Hall–Kier alpha value is -0.870. The minimum Gasteiger partial charge on any atom is -0.312 e. The van der Waals surface area contributed by atoms with Crippen molar-refractivity contribution in [3.63, 3.8) is 0 Å². The van der Waals surface area contributed by atoms with Gasteiger partial charge in [-0.2, -0.15) is 5.10 Å². The zero-order chi connectivity index (χ0) is 11.7. The van der Waals surface area contributed by atoms with Crippen LogP contribution in [0.3, 0.4) is 0 Å². The van der Waals surface area contributed by atoms with Crippen molar-refractivity contribution in [1.29, 1.82) is 0 Å². The number of likely N-dealkylation sites (tertiary alicyclic amines) is 1. The first kappa shape index (κ1) is 11.2. The summed E-state index contributed by atoms with van der Waals surface area (Å²) in [5.74, 6) is 0.901. The van der Waals surface area contributed by atoms with Gasteiger partial charge in [0.1, 0.15) is 0 Å². The van der Waals surface area contributed by atoms with E-state index in [4.69, 9.17) is 0 Å². The molecule has 0 saturated carbocycles. The van der Waals surface area contributed by atoms with Crippen molar-refractivity contribution in [3.8, 4) is 0 Å². The Morgan fingerprint density at radius 1 is 1.47 bits per heavy atom. The maximum Gasteiger partial charge on any atom is 0.0522 e. The van der Waals surface area contributed by atoms with Crippen LogP contribution in [-0.2, 0) is 13.5 Å². The lowest BCUT2D eigenvalue weighted by Crippen LogP contribution is -2.40. The van der Waals surface area contributed by atoms with E-state index in [-0.39, 0.29) is 0 Å². The first-order chi connectivity index (χ1) is 8.31. The van der Waals surface area contributed by atoms with E-state index in [0.29, 0.717) is 0 Å². The van der Waals surface area contributed by atoms with Crippen LogP contribution in [0.1, 0.15) is 18.4 Å². The molecule has 2 saturated heterocycles. The molecule has 2 atom stereocenters. The number of aromatic nitrogens is 2. The number of nitrogens with one attached hydrogen (secondary N) is 1. The highest BCUT2D eigenvalue weighted by Crippen LogP contribution is 2.24. The molecule has 2 unspecified atom stereocenters. The SMILES string of the molecule is Cn1cc(CCN2CC3CCCNC3C2)cn1. The standard InChI is InChI=1S/C13H22N4/c1-16-8-11(7-15-16)4-6-17-9-12-3-2-5-14-13(12)10-17/h7-8,12-14H,2-6,9-10H2,1H3. The van der Waals surface area contributed by atoms with Crippen molar-refractivity contribution in [3.05, 3.63) is 18.0 Å². The third-order valence-electron chi connectivity index (χ3n) is 4.15. The maximum absolute atomic E-state index is 4.22. The van der Waals surface area contributed by atoms with Gasteiger partial charge >= 0.3 is 0 Å². The second kappa shape index (κ2) is 4.78. The second-order valence-electron chi connectivity index (χ2n) is 5.49. The van der Waals surface area contributed by atoms with Gasteiger partial charge in [-0.1, -0.05) is 0 Å². The average Bonchev–Trinajstić information content (AvgIpc) is 2.91. The molecule has 3 rings (SSSR count). The van der Waals surface area contributed by atoms with E-state index in [1.54, 1.807) is 0 Å². The van der Waals surface area contributed by atoms with E-state index in [9.17, 15) is 0 Å². The van der Waals surface area contributed by atoms with Crippen LogP contribution in [0, 0.1) is 5.92 Å². The van der Waals surface area contributed by atoms with Gasteiger partial charge in [-0.05, 0) is 37.3 Å². The molecule has 17 heavy (non-hydrogen) atoms. The summed E-state index contributed by atoms with van der Waals surface area (Å²) < 4.78 is 1.89. The summed E-state index contributed by atoms with van der Waals surface area (Å²) in [6.07, 6.45) is 8.02. The molecular weight excluding hydrogens is 212 g/mol. The molecule has 0 aromatic carbocycles. The Morgan fingerprint density at radius 3 is 3.18 bits per heavy atom. The van der Waals surface area contributed by atoms with Gasteiger partial charge < -0.3 is 10.2 Å². The Morgan fingerprint density at radius 2 is 2.41 bits per heavy atom. The Balaban J connectivity index is 1.50. The highest BCUT2D eigenvalue weighted by atomic mass is 15.2. The number of fused-ring (bicyclic) bond motifs is 1. The van der Waals surface area contributed by atoms with Gasteiger partial charge in [0.2, 0.25) is 0 Å². The smallest absolute Gasteiger partial charge is 0.0522 e. The van der Waals surface area contributed by atoms with Crippen molar-refractivity contribution >= 4 is 0 Å². The maximum atomic E-state index is 4.22. The third kappa shape index (κ3) is 2.53. The molecule has 1 N–H and O–H groups in total. The monoisotopic (exact) mass is 234 g/mol. The summed E-state index contributed by atoms with van der Waals surface area (Å²) >= 11 is 0. The quantitative estimate of drug-likeness (QED) is 0.833. The van der Waals surface area contributed by atoms with E-state index in [1.807, 2.05) is 17.9 Å². The fourth-order valence-electron chi connectivity index (χ4n) is 3.21. The summed E-state index contributed by atoms with van der Waals surface area (Å²) in [6.45, 7) is 4.93. The topological polar surface area (TPSA) is 33.1 Å². The molecule has 0 radical (unpaired) electrons. The molecule has 0 aliphatic carbocycles. The van der Waals surface area contributed by atoms with Crippen molar-refractivity contribution in [1.82, 2.24) is 20.0 Å². The molecule has 4 nitrogen and oxygen atoms in total. The van der Waals surface area contributed by atoms with Crippen molar-refractivity contribution in [2.75, 3.05) is 26.2 Å². The molecule has 0 amide bonds. The summed E-state index contributed by atoms with van der Waals surface area (Å²) in [5, 5.41) is 7.88. The van der Waals surface area contributed by atoms with Crippen molar-refractivity contribution < 1.29 is 0 Å². The zero-order valence-electron chi connectivity index (χ0n) is 10.6. The summed E-state index contributed by atoms with van der Waals surface area (Å²) in [7, 11) is 1.98. The van der Waals surface area contributed by atoms with E-state index < -0.39 is 0 Å². The number of hydrogen-bond donors (Lipinski definition) is 1. The number of aryl methyl sites for hydroxylation is 1. The van der Waals surface area contributed by atoms with Crippen LogP contribution in [-0.4, -0.2) is 46.9 Å². The molecule has 0 spiro atoms. The minimum atomic E-state index is 0.762. The van der Waals surface area contributed by atoms with E-state index in [0.717, 1.165) is 18.4 Å². The van der Waals surface area contributed by atoms with Crippen molar-refractivity contribution in [2.45, 2.75) is 25.3 Å². The zero-order valence-corrected chi connectivity index (χ0v) is 10.6. The number of nitrogens with zero attached hydrogens (tertiary/aromatic N) is 3. The number of piperidine rings is 1. The van der Waals surface area contributed by atoms with Crippen LogP contribution in [0.15, 0.2) is 12.4 Å². The van der Waals surface area contributed by atoms with Gasteiger partial charge in [0.05, 0.1) is 6.20 Å². The normalized spacial score (nSPS) is 29.5. The van der Waals surface area contributed by atoms with Crippen molar-refractivity contribution in [2.24, 2.45) is 13.0 Å². The molecule has 4 heteroatoms. The van der Waals surface area contributed by atoms with E-state index in [2.05, 4.69) is 21.5 Å². The Bertz CT molecular complexity index is 359. The summed E-state index contributed by atoms with van der Waals surface area (Å²) in [5.41, 5.74) is 1.36. The lowest BCUT2D eigenvalue weighted by molar-refractivity contribution is 0.322. The van der Waals surface area contributed by atoms with Gasteiger partial charge in [0.25, 0.3) is 0 Å². The molecule has 3 heterocycles. The van der Waals surface area contributed by atoms with Gasteiger partial charge in [-0.25, -0.2) is 0 Å². The first-order valence-electron chi connectivity index (χ1n) is 6.74. The Labute approximate surface area is 103 Å². The fraction of sp³-hybridized carbons (Fsp3) is 0.769. The molecule has 94 valence electrons. The molecule has 2 aliphatic rings. The lowest BCUT2D eigenvalue weighted by atomic mass is 9.94. The van der Waals surface area contributed by atoms with Crippen LogP contribution in [0.5, 0.6) is 0 Å². The molecular formula is C13H22N4. The van der Waals surface area contributed by atoms with Gasteiger partial charge in [-0.15, -0.1) is 0 Å². The lowest BCUT2D eigenvalue weighted by Gasteiger charge is -2.24. The van der Waals surface area contributed by atoms with Crippen LogP contribution in [0.25, 0.3) is 0 Å². The number of hydrogen-bond acceptors (Lipinski definition) is 3. The van der Waals surface area contributed by atoms with Crippen LogP contribution in [0.2, 0.25) is 0 Å². The van der Waals surface area contributed by atoms with Gasteiger partial charge in [0, 0.05) is 38.9 Å². The summed E-state index contributed by atoms with van der Waals surface area (Å²) in [4.78, 5) is 2.61. The van der Waals surface area contributed by atoms with Gasteiger partial charge in [-0.3, -0.25) is 4.68 Å². The van der Waals surface area contributed by atoms with Crippen LogP contribution >= 0.6 is 0 Å². The van der Waals surface area contributed by atoms with E-state index >= 15 is 0 Å². The fourth-order valence-corrected chi connectivity index (χ4v) is 3.21.